The van der Waals surface area contributed by atoms with Gasteiger partial charge in [0, 0.05) is 26.3 Å². The molecule has 0 fully saturated rings. The van der Waals surface area contributed by atoms with Crippen LogP contribution in [0.2, 0.25) is 0 Å². The van der Waals surface area contributed by atoms with E-state index in [9.17, 15) is 9.59 Å². The molecule has 1 atom stereocenters. The van der Waals surface area contributed by atoms with E-state index in [1.165, 1.54) is 0 Å². The zero-order valence-electron chi connectivity index (χ0n) is 20.8. The number of aryl methyl sites for hydroxylation is 2. The Balaban J connectivity index is 1.88. The summed E-state index contributed by atoms with van der Waals surface area (Å²) in [6.45, 7) is 8.89. The summed E-state index contributed by atoms with van der Waals surface area (Å²) in [7, 11) is 1.75. The summed E-state index contributed by atoms with van der Waals surface area (Å²) < 4.78 is 17.9. The molecule has 9 heteroatoms. The fraction of sp³-hybridized carbons (Fsp3) is 0.520. The largest absolute Gasteiger partial charge is 0.492 e. The van der Waals surface area contributed by atoms with Crippen LogP contribution in [0.5, 0.6) is 5.75 Å². The number of nitrogens with one attached hydrogen (secondary N) is 1. The van der Waals surface area contributed by atoms with Gasteiger partial charge in [0.05, 0.1) is 18.8 Å². The number of aliphatic imine (C=N–C) groups is 1. The van der Waals surface area contributed by atoms with Gasteiger partial charge in [0.25, 0.3) is 5.91 Å². The third-order valence-electron chi connectivity index (χ3n) is 4.97. The van der Waals surface area contributed by atoms with Crippen molar-refractivity contribution in [1.82, 2.24) is 15.1 Å². The van der Waals surface area contributed by atoms with E-state index in [1.807, 2.05) is 38.1 Å². The molecule has 9 nitrogen and oxygen atoms in total. The Bertz CT molecular complexity index is 953. The van der Waals surface area contributed by atoms with E-state index in [4.69, 9.17) is 14.2 Å². The molecule has 0 radical (unpaired) electrons. The molecule has 0 aliphatic carbocycles. The summed E-state index contributed by atoms with van der Waals surface area (Å²) in [4.78, 5) is 29.1. The highest BCUT2D eigenvalue weighted by atomic mass is 16.6. The van der Waals surface area contributed by atoms with Gasteiger partial charge in [-0.3, -0.25) is 14.5 Å². The number of carbonyl (C=O) groups excluding carboxylic acids is 2. The van der Waals surface area contributed by atoms with Gasteiger partial charge in [0.2, 0.25) is 0 Å². The van der Waals surface area contributed by atoms with E-state index in [0.29, 0.717) is 49.9 Å². The molecule has 0 bridgehead atoms. The van der Waals surface area contributed by atoms with Crippen LogP contribution in [0.3, 0.4) is 0 Å². The number of ether oxygens (including phenoxy) is 3. The van der Waals surface area contributed by atoms with Crippen LogP contribution in [0.4, 0.5) is 5.69 Å². The van der Waals surface area contributed by atoms with Gasteiger partial charge in [-0.2, -0.15) is 5.10 Å². The van der Waals surface area contributed by atoms with Crippen molar-refractivity contribution in [3.05, 3.63) is 41.2 Å². The van der Waals surface area contributed by atoms with E-state index in [-0.39, 0.29) is 11.9 Å². The van der Waals surface area contributed by atoms with Gasteiger partial charge < -0.3 is 19.5 Å². The first-order valence-electron chi connectivity index (χ1n) is 11.8. The molecule has 0 aliphatic rings. The van der Waals surface area contributed by atoms with Crippen LogP contribution in [0.15, 0.2) is 29.3 Å². The monoisotopic (exact) mass is 472 g/mol. The van der Waals surface area contributed by atoms with Gasteiger partial charge >= 0.3 is 5.97 Å². The molecular formula is C25H36N4O5. The minimum Gasteiger partial charge on any atom is -0.492 e. The highest BCUT2D eigenvalue weighted by Gasteiger charge is 2.21. The van der Waals surface area contributed by atoms with Gasteiger partial charge in [-0.25, -0.2) is 4.79 Å². The van der Waals surface area contributed by atoms with Crippen molar-refractivity contribution >= 4 is 23.8 Å². The van der Waals surface area contributed by atoms with Crippen LogP contribution >= 0.6 is 0 Å². The number of rotatable bonds is 14. The van der Waals surface area contributed by atoms with Crippen molar-refractivity contribution < 1.29 is 23.8 Å². The van der Waals surface area contributed by atoms with Crippen LogP contribution in [-0.2, 0) is 34.2 Å². The smallest absolute Gasteiger partial charge is 0.335 e. The Morgan fingerprint density at radius 2 is 1.91 bits per heavy atom. The fourth-order valence-electron chi connectivity index (χ4n) is 3.49. The number of hydrogen-bond acceptors (Lipinski definition) is 7. The summed E-state index contributed by atoms with van der Waals surface area (Å²) in [5.74, 6) is 0.0744. The molecule has 0 saturated heterocycles. The molecule has 1 amide bonds. The highest BCUT2D eigenvalue weighted by molar-refractivity contribution is 5.98. The third kappa shape index (κ3) is 7.69. The quantitative estimate of drug-likeness (QED) is 0.257. The van der Waals surface area contributed by atoms with Crippen molar-refractivity contribution in [1.29, 1.82) is 0 Å². The number of amides is 1. The maximum absolute atomic E-state index is 12.7. The van der Waals surface area contributed by atoms with Crippen molar-refractivity contribution in [2.75, 3.05) is 26.4 Å². The Hall–Kier alpha value is -3.20. The van der Waals surface area contributed by atoms with Crippen molar-refractivity contribution in [2.24, 2.45) is 12.0 Å². The van der Waals surface area contributed by atoms with Crippen molar-refractivity contribution in [3.8, 4) is 5.75 Å². The van der Waals surface area contributed by atoms with Gasteiger partial charge in [-0.1, -0.05) is 25.5 Å². The number of aromatic nitrogens is 2. The van der Waals surface area contributed by atoms with E-state index in [1.54, 1.807) is 24.9 Å². The Morgan fingerprint density at radius 1 is 1.18 bits per heavy atom. The zero-order chi connectivity index (χ0) is 24.9. The normalized spacial score (nSPS) is 12.0. The van der Waals surface area contributed by atoms with Crippen molar-refractivity contribution in [3.63, 3.8) is 0 Å². The van der Waals surface area contributed by atoms with Crippen LogP contribution in [0, 0.1) is 0 Å². The molecule has 1 unspecified atom stereocenters. The molecule has 34 heavy (non-hydrogen) atoms. The maximum Gasteiger partial charge on any atom is 0.335 e. The first kappa shape index (κ1) is 27.0. The predicted octanol–water partition coefficient (Wildman–Crippen LogP) is 3.41. The highest BCUT2D eigenvalue weighted by Crippen LogP contribution is 2.25. The number of hydrogen-bond donors (Lipinski definition) is 1. The minimum atomic E-state index is -0.626. The molecule has 2 aromatic rings. The molecule has 0 spiro atoms. The second kappa shape index (κ2) is 14.1. The molecule has 186 valence electrons. The lowest BCUT2D eigenvalue weighted by Crippen LogP contribution is -2.29. The maximum atomic E-state index is 12.7. The average Bonchev–Trinajstić information content (AvgIpc) is 3.12. The number of benzene rings is 1. The summed E-state index contributed by atoms with van der Waals surface area (Å²) in [6, 6.07) is 7.44. The molecular weight excluding hydrogens is 436 g/mol. The van der Waals surface area contributed by atoms with Crippen LogP contribution in [0.1, 0.15) is 55.9 Å². The van der Waals surface area contributed by atoms with Gasteiger partial charge in [-0.05, 0) is 44.9 Å². The topological polar surface area (TPSA) is 104 Å². The van der Waals surface area contributed by atoms with Crippen LogP contribution < -0.4 is 10.1 Å². The molecule has 1 N–H and O–H groups in total. The summed E-state index contributed by atoms with van der Waals surface area (Å²) in [5, 5.41) is 7.32. The van der Waals surface area contributed by atoms with E-state index < -0.39 is 6.10 Å². The van der Waals surface area contributed by atoms with E-state index in [0.717, 1.165) is 24.1 Å². The minimum absolute atomic E-state index is 0.238. The summed E-state index contributed by atoms with van der Waals surface area (Å²) >= 11 is 0. The molecule has 1 aromatic carbocycles. The SMILES string of the molecule is CC=Nc1c(CCC)nn(C)c1C(=O)NCCOc1ccc(CC(OCC)C(=O)OCC)cc1. The Labute approximate surface area is 201 Å². The lowest BCUT2D eigenvalue weighted by Gasteiger charge is -2.16. The number of nitrogens with zero attached hydrogens (tertiary/aromatic N) is 3. The van der Waals surface area contributed by atoms with E-state index >= 15 is 0 Å². The number of esters is 1. The molecule has 0 aliphatic heterocycles. The first-order chi connectivity index (χ1) is 16.4. The lowest BCUT2D eigenvalue weighted by molar-refractivity contribution is -0.156. The standard InChI is InChI=1S/C25H36N4O5/c1-6-10-20-22(26-7-2)23(29(5)28-20)24(30)27-15-16-34-19-13-11-18(12-14-19)17-21(32-8-3)25(31)33-9-4/h7,11-14,21H,6,8-10,15-17H2,1-5H3,(H,27,30). The van der Waals surface area contributed by atoms with E-state index in [2.05, 4.69) is 22.3 Å². The second-order valence-corrected chi connectivity index (χ2v) is 7.55. The predicted molar refractivity (Wildman–Crippen MR) is 131 cm³/mol. The number of carbonyl (C=O) groups is 2. The second-order valence-electron chi connectivity index (χ2n) is 7.55. The zero-order valence-corrected chi connectivity index (χ0v) is 20.8. The summed E-state index contributed by atoms with van der Waals surface area (Å²) in [6.07, 6.45) is 3.15. The van der Waals surface area contributed by atoms with Gasteiger partial charge in [-0.15, -0.1) is 0 Å². The van der Waals surface area contributed by atoms with Crippen LogP contribution in [0.25, 0.3) is 0 Å². The Morgan fingerprint density at radius 3 is 2.53 bits per heavy atom. The fourth-order valence-corrected chi connectivity index (χ4v) is 3.49. The first-order valence-corrected chi connectivity index (χ1v) is 11.8. The van der Waals surface area contributed by atoms with Gasteiger partial charge in [0.15, 0.2) is 11.8 Å². The van der Waals surface area contributed by atoms with Crippen molar-refractivity contribution in [2.45, 2.75) is 53.1 Å². The Kier molecular flexibility index (Phi) is 11.3. The molecule has 2 rings (SSSR count). The average molecular weight is 473 g/mol. The summed E-state index contributed by atoms with van der Waals surface area (Å²) in [5.41, 5.74) is 2.82. The third-order valence-corrected chi connectivity index (χ3v) is 4.97. The molecule has 0 saturated carbocycles. The molecule has 1 aromatic heterocycles. The van der Waals surface area contributed by atoms with Crippen LogP contribution in [-0.4, -0.2) is 60.3 Å². The molecule has 1 heterocycles. The lowest BCUT2D eigenvalue weighted by atomic mass is 10.1. The van der Waals surface area contributed by atoms with Gasteiger partial charge in [0.1, 0.15) is 18.0 Å².